The molecule has 4 heteroatoms. The van der Waals surface area contributed by atoms with Gasteiger partial charge in [-0.3, -0.25) is 4.79 Å². The van der Waals surface area contributed by atoms with Gasteiger partial charge in [-0.05, 0) is 43.9 Å². The lowest BCUT2D eigenvalue weighted by molar-refractivity contribution is 0.0628. The summed E-state index contributed by atoms with van der Waals surface area (Å²) in [6, 6.07) is 6.76. The van der Waals surface area contributed by atoms with Gasteiger partial charge in [0.2, 0.25) is 0 Å². The van der Waals surface area contributed by atoms with Crippen molar-refractivity contribution in [2.24, 2.45) is 5.92 Å². The monoisotopic (exact) mass is 275 g/mol. The number of carbonyl (C=O) groups is 2. The molecule has 0 bridgehead atoms. The first-order valence-corrected chi connectivity index (χ1v) is 7.08. The molecule has 20 heavy (non-hydrogen) atoms. The molecular formula is C16H21NO3. The number of hydrogen-bond acceptors (Lipinski definition) is 2. The van der Waals surface area contributed by atoms with E-state index in [0.717, 1.165) is 12.8 Å². The van der Waals surface area contributed by atoms with Crippen LogP contribution < -0.4 is 0 Å². The molecule has 0 spiro atoms. The second-order valence-electron chi connectivity index (χ2n) is 5.81. The molecule has 0 radical (unpaired) electrons. The van der Waals surface area contributed by atoms with Crippen LogP contribution >= 0.6 is 0 Å². The van der Waals surface area contributed by atoms with Gasteiger partial charge in [0.15, 0.2) is 0 Å². The lowest BCUT2D eigenvalue weighted by Gasteiger charge is -2.32. The van der Waals surface area contributed by atoms with Crippen LogP contribution in [-0.2, 0) is 0 Å². The average Bonchev–Trinajstić information content (AvgIpc) is 3.23. The van der Waals surface area contributed by atoms with E-state index >= 15 is 0 Å². The number of carboxylic acid groups (broad SMARTS) is 1. The van der Waals surface area contributed by atoms with Crippen molar-refractivity contribution in [3.63, 3.8) is 0 Å². The van der Waals surface area contributed by atoms with Gasteiger partial charge >= 0.3 is 5.97 Å². The summed E-state index contributed by atoms with van der Waals surface area (Å²) >= 11 is 0. The summed E-state index contributed by atoms with van der Waals surface area (Å²) in [6.07, 6.45) is 2.09. The van der Waals surface area contributed by atoms with Gasteiger partial charge in [0.25, 0.3) is 5.91 Å². The highest BCUT2D eigenvalue weighted by Gasteiger charge is 2.37. The first-order chi connectivity index (χ1) is 9.41. The first kappa shape index (κ1) is 14.6. The number of carboxylic acids is 1. The molecule has 1 atom stereocenters. The van der Waals surface area contributed by atoms with Gasteiger partial charge < -0.3 is 10.0 Å². The minimum atomic E-state index is -1.01. The Balaban J connectivity index is 2.28. The maximum Gasteiger partial charge on any atom is 0.335 e. The Labute approximate surface area is 119 Å². The topological polar surface area (TPSA) is 57.6 Å². The van der Waals surface area contributed by atoms with Crippen molar-refractivity contribution in [3.05, 3.63) is 35.4 Å². The highest BCUT2D eigenvalue weighted by molar-refractivity contribution is 5.97. The normalized spacial score (nSPS) is 16.0. The Morgan fingerprint density at radius 2 is 1.80 bits per heavy atom. The zero-order valence-corrected chi connectivity index (χ0v) is 12.2. The van der Waals surface area contributed by atoms with Crippen LogP contribution in [0.25, 0.3) is 0 Å². The van der Waals surface area contributed by atoms with Gasteiger partial charge in [-0.2, -0.15) is 0 Å². The zero-order chi connectivity index (χ0) is 14.9. The van der Waals surface area contributed by atoms with Crippen molar-refractivity contribution in [3.8, 4) is 0 Å². The summed E-state index contributed by atoms with van der Waals surface area (Å²) in [5.41, 5.74) is 0.619. The van der Waals surface area contributed by atoms with Gasteiger partial charge in [-0.1, -0.05) is 19.9 Å². The number of amides is 1. The van der Waals surface area contributed by atoms with Crippen molar-refractivity contribution < 1.29 is 14.7 Å². The van der Waals surface area contributed by atoms with Gasteiger partial charge in [-0.15, -0.1) is 0 Å². The minimum absolute atomic E-state index is 0.0585. The van der Waals surface area contributed by atoms with E-state index in [9.17, 15) is 9.59 Å². The molecule has 1 N–H and O–H groups in total. The van der Waals surface area contributed by atoms with E-state index in [2.05, 4.69) is 20.8 Å². The third kappa shape index (κ3) is 3.00. The van der Waals surface area contributed by atoms with Crippen LogP contribution in [0, 0.1) is 5.92 Å². The van der Waals surface area contributed by atoms with Crippen LogP contribution in [0.1, 0.15) is 54.3 Å². The number of rotatable bonds is 5. The molecular weight excluding hydrogens is 254 g/mol. The molecule has 1 aromatic carbocycles. The predicted octanol–water partition coefficient (Wildman–Crippen LogP) is 3.03. The fourth-order valence-corrected chi connectivity index (χ4v) is 2.29. The van der Waals surface area contributed by atoms with Crippen LogP contribution in [0.5, 0.6) is 0 Å². The van der Waals surface area contributed by atoms with Gasteiger partial charge in [-0.25, -0.2) is 4.79 Å². The van der Waals surface area contributed by atoms with Crippen LogP contribution in [-0.4, -0.2) is 34.0 Å². The van der Waals surface area contributed by atoms with Gasteiger partial charge in [0, 0.05) is 17.6 Å². The average molecular weight is 275 g/mol. The summed E-state index contributed by atoms with van der Waals surface area (Å²) in [5.74, 6) is -0.687. The molecule has 1 saturated carbocycles. The van der Waals surface area contributed by atoms with E-state index in [1.54, 1.807) is 12.1 Å². The molecule has 1 fully saturated rings. The molecule has 0 heterocycles. The van der Waals surface area contributed by atoms with Crippen molar-refractivity contribution >= 4 is 11.9 Å². The molecule has 1 unspecified atom stereocenters. The number of nitrogens with zero attached hydrogens (tertiary/aromatic N) is 1. The number of benzene rings is 1. The smallest absolute Gasteiger partial charge is 0.335 e. The lowest BCUT2D eigenvalue weighted by Crippen LogP contribution is -2.43. The Morgan fingerprint density at radius 3 is 2.30 bits per heavy atom. The summed E-state index contributed by atoms with van der Waals surface area (Å²) < 4.78 is 0. The highest BCUT2D eigenvalue weighted by Crippen LogP contribution is 2.32. The van der Waals surface area contributed by atoms with Crippen LogP contribution in [0.4, 0.5) is 0 Å². The number of hydrogen-bond donors (Lipinski definition) is 1. The molecule has 0 aliphatic heterocycles. The second-order valence-corrected chi connectivity index (χ2v) is 5.81. The molecule has 1 amide bonds. The van der Waals surface area contributed by atoms with E-state index in [1.807, 2.05) is 4.90 Å². The fraction of sp³-hybridized carbons (Fsp3) is 0.500. The SMILES string of the molecule is CC(C)C(C)N(C(=O)c1cccc(C(=O)O)c1)C1CC1. The van der Waals surface area contributed by atoms with E-state index in [-0.39, 0.29) is 17.5 Å². The van der Waals surface area contributed by atoms with E-state index in [0.29, 0.717) is 17.5 Å². The molecule has 0 saturated heterocycles. The quantitative estimate of drug-likeness (QED) is 0.898. The highest BCUT2D eigenvalue weighted by atomic mass is 16.4. The van der Waals surface area contributed by atoms with E-state index in [1.165, 1.54) is 12.1 Å². The lowest BCUT2D eigenvalue weighted by atomic mass is 10.0. The first-order valence-electron chi connectivity index (χ1n) is 7.08. The van der Waals surface area contributed by atoms with Gasteiger partial charge in [0.1, 0.15) is 0 Å². The van der Waals surface area contributed by atoms with Crippen LogP contribution in [0.3, 0.4) is 0 Å². The largest absolute Gasteiger partial charge is 0.478 e. The summed E-state index contributed by atoms with van der Waals surface area (Å²) in [4.78, 5) is 25.6. The molecule has 1 aliphatic rings. The third-order valence-electron chi connectivity index (χ3n) is 3.93. The summed E-state index contributed by atoms with van der Waals surface area (Å²) in [7, 11) is 0. The van der Waals surface area contributed by atoms with E-state index < -0.39 is 5.97 Å². The van der Waals surface area contributed by atoms with Crippen molar-refractivity contribution in [1.29, 1.82) is 0 Å². The number of carbonyl (C=O) groups excluding carboxylic acids is 1. The molecule has 1 aliphatic carbocycles. The molecule has 2 rings (SSSR count). The molecule has 0 aromatic heterocycles. The Bertz CT molecular complexity index is 520. The third-order valence-corrected chi connectivity index (χ3v) is 3.93. The number of aromatic carboxylic acids is 1. The van der Waals surface area contributed by atoms with E-state index in [4.69, 9.17) is 5.11 Å². The molecule has 4 nitrogen and oxygen atoms in total. The summed E-state index contributed by atoms with van der Waals surface area (Å²) in [6.45, 7) is 6.25. The second kappa shape index (κ2) is 5.65. The zero-order valence-electron chi connectivity index (χ0n) is 12.2. The van der Waals surface area contributed by atoms with Gasteiger partial charge in [0.05, 0.1) is 5.56 Å². The maximum atomic E-state index is 12.7. The molecule has 108 valence electrons. The predicted molar refractivity (Wildman–Crippen MR) is 76.9 cm³/mol. The Kier molecular flexibility index (Phi) is 4.12. The molecule has 1 aromatic rings. The summed E-state index contributed by atoms with van der Waals surface area (Å²) in [5, 5.41) is 9.02. The standard InChI is InChI=1S/C16H21NO3/c1-10(2)11(3)17(14-7-8-14)15(18)12-5-4-6-13(9-12)16(19)20/h4-6,9-11,14H,7-8H2,1-3H3,(H,19,20). The Hall–Kier alpha value is -1.84. The van der Waals surface area contributed by atoms with Crippen molar-refractivity contribution in [2.75, 3.05) is 0 Å². The van der Waals surface area contributed by atoms with Crippen molar-refractivity contribution in [1.82, 2.24) is 4.90 Å². The minimum Gasteiger partial charge on any atom is -0.478 e. The fourth-order valence-electron chi connectivity index (χ4n) is 2.29. The van der Waals surface area contributed by atoms with Crippen LogP contribution in [0.15, 0.2) is 24.3 Å². The van der Waals surface area contributed by atoms with Crippen molar-refractivity contribution in [2.45, 2.75) is 45.7 Å². The Morgan fingerprint density at radius 1 is 1.20 bits per heavy atom. The maximum absolute atomic E-state index is 12.7. The van der Waals surface area contributed by atoms with Crippen LogP contribution in [0.2, 0.25) is 0 Å².